The van der Waals surface area contributed by atoms with Gasteiger partial charge in [-0.05, 0) is 39.0 Å². The van der Waals surface area contributed by atoms with Gasteiger partial charge in [0, 0.05) is 20.1 Å². The van der Waals surface area contributed by atoms with E-state index in [1.54, 1.807) is 20.8 Å². The molecule has 0 bridgehead atoms. The minimum absolute atomic E-state index is 0.123. The standard InChI is InChI=1S/C18H24F3NO4/c1-17(2,3)26-16(23)22-9-8-14(15(11-22)24-4)25-13-7-5-6-12(10-13)18(19,20)21/h5-7,10,14-15H,8-9,11H2,1-4H3/t14-,15-/m1/s1. The number of piperidine rings is 1. The van der Waals surface area contributed by atoms with Crippen molar-refractivity contribution in [3.05, 3.63) is 29.8 Å². The summed E-state index contributed by atoms with van der Waals surface area (Å²) >= 11 is 0. The van der Waals surface area contributed by atoms with Crippen LogP contribution < -0.4 is 4.74 Å². The molecule has 1 aromatic rings. The molecule has 26 heavy (non-hydrogen) atoms. The summed E-state index contributed by atoms with van der Waals surface area (Å²) in [7, 11) is 1.48. The van der Waals surface area contributed by atoms with Crippen molar-refractivity contribution in [2.24, 2.45) is 0 Å². The predicted molar refractivity (Wildman–Crippen MR) is 89.1 cm³/mol. The minimum Gasteiger partial charge on any atom is -0.488 e. The molecule has 2 atom stereocenters. The summed E-state index contributed by atoms with van der Waals surface area (Å²) in [6.45, 7) is 5.96. The Morgan fingerprint density at radius 2 is 1.88 bits per heavy atom. The van der Waals surface area contributed by atoms with E-state index in [-0.39, 0.29) is 12.3 Å². The van der Waals surface area contributed by atoms with Gasteiger partial charge in [0.1, 0.15) is 23.6 Å². The number of ether oxygens (including phenoxy) is 3. The lowest BCUT2D eigenvalue weighted by atomic mass is 10.0. The first-order chi connectivity index (χ1) is 12.0. The molecule has 0 aliphatic carbocycles. The summed E-state index contributed by atoms with van der Waals surface area (Å²) in [4.78, 5) is 13.7. The lowest BCUT2D eigenvalue weighted by molar-refractivity contribution is -0.137. The molecule has 0 radical (unpaired) electrons. The molecule has 1 aromatic carbocycles. The van der Waals surface area contributed by atoms with Crippen LogP contribution in [0, 0.1) is 0 Å². The fourth-order valence-corrected chi connectivity index (χ4v) is 2.67. The van der Waals surface area contributed by atoms with E-state index in [0.717, 1.165) is 12.1 Å². The van der Waals surface area contributed by atoms with Crippen LogP contribution in [0.3, 0.4) is 0 Å². The molecule has 2 rings (SSSR count). The van der Waals surface area contributed by atoms with Gasteiger partial charge < -0.3 is 19.1 Å². The number of nitrogens with zero attached hydrogens (tertiary/aromatic N) is 1. The van der Waals surface area contributed by atoms with E-state index in [1.807, 2.05) is 0 Å². The highest BCUT2D eigenvalue weighted by Gasteiger charge is 2.36. The van der Waals surface area contributed by atoms with Gasteiger partial charge in [0.15, 0.2) is 0 Å². The van der Waals surface area contributed by atoms with Crippen LogP contribution in [0.5, 0.6) is 5.75 Å². The van der Waals surface area contributed by atoms with Crippen molar-refractivity contribution >= 4 is 6.09 Å². The largest absolute Gasteiger partial charge is 0.488 e. The second-order valence-corrected chi connectivity index (χ2v) is 7.17. The second-order valence-electron chi connectivity index (χ2n) is 7.17. The van der Waals surface area contributed by atoms with Gasteiger partial charge >= 0.3 is 12.3 Å². The first kappa shape index (κ1) is 20.4. The van der Waals surface area contributed by atoms with E-state index in [4.69, 9.17) is 14.2 Å². The fourth-order valence-electron chi connectivity index (χ4n) is 2.67. The maximum Gasteiger partial charge on any atom is 0.416 e. The summed E-state index contributed by atoms with van der Waals surface area (Å²) in [6.07, 6.45) is -5.38. The van der Waals surface area contributed by atoms with Crippen LogP contribution in [0.2, 0.25) is 0 Å². The number of rotatable bonds is 3. The van der Waals surface area contributed by atoms with Crippen LogP contribution in [-0.2, 0) is 15.7 Å². The lowest BCUT2D eigenvalue weighted by Gasteiger charge is -2.38. The first-order valence-corrected chi connectivity index (χ1v) is 8.34. The number of carbonyl (C=O) groups excluding carboxylic acids is 1. The number of halogens is 3. The Bertz CT molecular complexity index is 628. The summed E-state index contributed by atoms with van der Waals surface area (Å²) in [6, 6.07) is 4.73. The summed E-state index contributed by atoms with van der Waals surface area (Å²) in [5.41, 5.74) is -1.37. The normalized spacial score (nSPS) is 21.4. The predicted octanol–water partition coefficient (Wildman–Crippen LogP) is 4.11. The second kappa shape index (κ2) is 7.73. The van der Waals surface area contributed by atoms with Crippen molar-refractivity contribution in [1.82, 2.24) is 4.90 Å². The molecule has 0 aromatic heterocycles. The number of methoxy groups -OCH3 is 1. The Kier molecular flexibility index (Phi) is 6.05. The summed E-state index contributed by atoms with van der Waals surface area (Å²) < 4.78 is 54.9. The van der Waals surface area contributed by atoms with Gasteiger partial charge in [0.25, 0.3) is 0 Å². The van der Waals surface area contributed by atoms with Gasteiger partial charge in [-0.2, -0.15) is 13.2 Å². The van der Waals surface area contributed by atoms with E-state index in [9.17, 15) is 18.0 Å². The minimum atomic E-state index is -4.43. The number of amides is 1. The van der Waals surface area contributed by atoms with Gasteiger partial charge in [-0.3, -0.25) is 0 Å². The zero-order valence-corrected chi connectivity index (χ0v) is 15.3. The fraction of sp³-hybridized carbons (Fsp3) is 0.611. The highest BCUT2D eigenvalue weighted by atomic mass is 19.4. The van der Waals surface area contributed by atoms with Gasteiger partial charge in [-0.1, -0.05) is 6.07 Å². The molecule has 5 nitrogen and oxygen atoms in total. The third-order valence-electron chi connectivity index (χ3n) is 3.90. The third kappa shape index (κ3) is 5.52. The number of carbonyl (C=O) groups is 1. The molecule has 146 valence electrons. The number of benzene rings is 1. The van der Waals surface area contributed by atoms with Crippen LogP contribution in [0.1, 0.15) is 32.8 Å². The Morgan fingerprint density at radius 1 is 1.19 bits per heavy atom. The van der Waals surface area contributed by atoms with Crippen LogP contribution in [0.15, 0.2) is 24.3 Å². The van der Waals surface area contributed by atoms with Crippen molar-refractivity contribution in [2.75, 3.05) is 20.2 Å². The molecule has 1 aliphatic heterocycles. The highest BCUT2D eigenvalue weighted by Crippen LogP contribution is 2.32. The van der Waals surface area contributed by atoms with E-state index >= 15 is 0 Å². The highest BCUT2D eigenvalue weighted by molar-refractivity contribution is 5.68. The van der Waals surface area contributed by atoms with E-state index in [1.165, 1.54) is 24.1 Å². The number of alkyl halides is 3. The number of hydrogen-bond donors (Lipinski definition) is 0. The van der Waals surface area contributed by atoms with Gasteiger partial charge in [0.2, 0.25) is 0 Å². The zero-order chi connectivity index (χ0) is 19.5. The van der Waals surface area contributed by atoms with Crippen LogP contribution in [-0.4, -0.2) is 49.0 Å². The molecule has 1 amide bonds. The van der Waals surface area contributed by atoms with E-state index in [0.29, 0.717) is 13.0 Å². The van der Waals surface area contributed by atoms with Crippen molar-refractivity contribution in [3.63, 3.8) is 0 Å². The Balaban J connectivity index is 2.03. The van der Waals surface area contributed by atoms with Crippen molar-refractivity contribution in [2.45, 2.75) is 51.2 Å². The average molecular weight is 375 g/mol. The van der Waals surface area contributed by atoms with Crippen LogP contribution in [0.25, 0.3) is 0 Å². The van der Waals surface area contributed by atoms with Gasteiger partial charge in [-0.15, -0.1) is 0 Å². The van der Waals surface area contributed by atoms with Crippen LogP contribution in [0.4, 0.5) is 18.0 Å². The maximum atomic E-state index is 12.8. The molecule has 0 saturated carbocycles. The Labute approximate surface area is 151 Å². The molecule has 0 spiro atoms. The smallest absolute Gasteiger partial charge is 0.416 e. The summed E-state index contributed by atoms with van der Waals surface area (Å²) in [5.74, 6) is 0.123. The molecule has 0 unspecified atom stereocenters. The Morgan fingerprint density at radius 3 is 2.46 bits per heavy atom. The molecular formula is C18H24F3NO4. The molecule has 0 N–H and O–H groups in total. The molecule has 1 aliphatic rings. The van der Waals surface area contributed by atoms with Crippen LogP contribution >= 0.6 is 0 Å². The molecule has 1 heterocycles. The van der Waals surface area contributed by atoms with E-state index < -0.39 is 35.6 Å². The number of likely N-dealkylation sites (tertiary alicyclic amines) is 1. The van der Waals surface area contributed by atoms with Gasteiger partial charge in [0.05, 0.1) is 12.1 Å². The Hall–Kier alpha value is -1.96. The van der Waals surface area contributed by atoms with Crippen molar-refractivity contribution in [3.8, 4) is 5.75 Å². The average Bonchev–Trinajstić information content (AvgIpc) is 2.53. The number of hydrogen-bond acceptors (Lipinski definition) is 4. The third-order valence-corrected chi connectivity index (χ3v) is 3.90. The monoisotopic (exact) mass is 375 g/mol. The molecule has 1 fully saturated rings. The molecular weight excluding hydrogens is 351 g/mol. The topological polar surface area (TPSA) is 48.0 Å². The first-order valence-electron chi connectivity index (χ1n) is 8.34. The molecule has 8 heteroatoms. The maximum absolute atomic E-state index is 12.8. The van der Waals surface area contributed by atoms with Crippen molar-refractivity contribution < 1.29 is 32.2 Å². The SMILES string of the molecule is CO[C@@H]1CN(C(=O)OC(C)(C)C)CC[C@H]1Oc1cccc(C(F)(F)F)c1. The molecule has 1 saturated heterocycles. The van der Waals surface area contributed by atoms with Crippen molar-refractivity contribution in [1.29, 1.82) is 0 Å². The zero-order valence-electron chi connectivity index (χ0n) is 15.3. The van der Waals surface area contributed by atoms with E-state index in [2.05, 4.69) is 0 Å². The summed E-state index contributed by atoms with van der Waals surface area (Å²) in [5, 5.41) is 0. The lowest BCUT2D eigenvalue weighted by Crippen LogP contribution is -2.52. The van der Waals surface area contributed by atoms with Gasteiger partial charge in [-0.25, -0.2) is 4.79 Å². The quantitative estimate of drug-likeness (QED) is 0.798.